The zero-order valence-corrected chi connectivity index (χ0v) is 8.97. The fourth-order valence-corrected chi connectivity index (χ4v) is 2.12. The molecule has 0 radical (unpaired) electrons. The number of piperidine rings is 1. The summed E-state index contributed by atoms with van der Waals surface area (Å²) >= 11 is 0. The van der Waals surface area contributed by atoms with Crippen molar-refractivity contribution in [2.75, 3.05) is 6.54 Å². The molecule has 0 aliphatic carbocycles. The number of hydrogen-bond acceptors (Lipinski definition) is 2. The van der Waals surface area contributed by atoms with Crippen molar-refractivity contribution in [1.29, 1.82) is 0 Å². The molecule has 16 heavy (non-hydrogen) atoms. The molecule has 1 aromatic carbocycles. The number of benzene rings is 1. The summed E-state index contributed by atoms with van der Waals surface area (Å²) in [6.07, 6.45) is 3.49. The molecule has 1 atom stereocenters. The minimum atomic E-state index is -0.757. The third-order valence-electron chi connectivity index (χ3n) is 3.04. The fourth-order valence-electron chi connectivity index (χ4n) is 2.12. The molecule has 1 aromatic rings. The smallest absolute Gasteiger partial charge is 0.165 e. The maximum Gasteiger partial charge on any atom is 0.165 e. The van der Waals surface area contributed by atoms with Crippen molar-refractivity contribution in [3.8, 4) is 5.75 Å². The van der Waals surface area contributed by atoms with E-state index in [0.29, 0.717) is 6.42 Å². The molecule has 2 nitrogen and oxygen atoms in total. The van der Waals surface area contributed by atoms with Gasteiger partial charge < -0.3 is 10.4 Å². The highest BCUT2D eigenvalue weighted by atomic mass is 19.1. The van der Waals surface area contributed by atoms with Gasteiger partial charge in [-0.25, -0.2) is 8.78 Å². The highest BCUT2D eigenvalue weighted by Gasteiger charge is 2.19. The molecule has 1 unspecified atom stereocenters. The van der Waals surface area contributed by atoms with Crippen LogP contribution >= 0.6 is 0 Å². The Hall–Kier alpha value is -1.16. The van der Waals surface area contributed by atoms with Crippen molar-refractivity contribution in [1.82, 2.24) is 5.32 Å². The molecule has 0 amide bonds. The third kappa shape index (κ3) is 2.32. The first-order valence-electron chi connectivity index (χ1n) is 5.57. The van der Waals surface area contributed by atoms with E-state index >= 15 is 0 Å². The van der Waals surface area contributed by atoms with Gasteiger partial charge in [-0.05, 0) is 37.9 Å². The van der Waals surface area contributed by atoms with Gasteiger partial charge in [0.1, 0.15) is 5.82 Å². The van der Waals surface area contributed by atoms with Crippen molar-refractivity contribution in [3.05, 3.63) is 29.3 Å². The zero-order chi connectivity index (χ0) is 11.5. The van der Waals surface area contributed by atoms with Crippen molar-refractivity contribution in [3.63, 3.8) is 0 Å². The first-order chi connectivity index (χ1) is 7.68. The number of rotatable bonds is 2. The van der Waals surface area contributed by atoms with Crippen molar-refractivity contribution in [2.24, 2.45) is 0 Å². The largest absolute Gasteiger partial charge is 0.505 e. The van der Waals surface area contributed by atoms with Gasteiger partial charge >= 0.3 is 0 Å². The van der Waals surface area contributed by atoms with E-state index in [0.717, 1.165) is 37.9 Å². The van der Waals surface area contributed by atoms with Crippen LogP contribution < -0.4 is 5.32 Å². The topological polar surface area (TPSA) is 32.3 Å². The minimum absolute atomic E-state index is 0.0828. The summed E-state index contributed by atoms with van der Waals surface area (Å²) in [5.74, 6) is -1.84. The van der Waals surface area contributed by atoms with Crippen LogP contribution in [0.2, 0.25) is 0 Å². The molecule has 1 heterocycles. The molecule has 0 spiro atoms. The number of hydrogen-bond donors (Lipinski definition) is 2. The first-order valence-corrected chi connectivity index (χ1v) is 5.57. The number of aromatic hydroxyl groups is 1. The maximum absolute atomic E-state index is 13.4. The quantitative estimate of drug-likeness (QED) is 0.812. The standard InChI is InChI=1S/C12H15F2NO/c13-10-4-5-11(14)12(16)9(10)7-8-3-1-2-6-15-8/h4-5,8,15-16H,1-3,6-7H2. The van der Waals surface area contributed by atoms with Crippen LogP contribution in [0.3, 0.4) is 0 Å². The Labute approximate surface area is 93.3 Å². The second kappa shape index (κ2) is 4.78. The summed E-state index contributed by atoms with van der Waals surface area (Å²) in [5, 5.41) is 12.7. The highest BCUT2D eigenvalue weighted by molar-refractivity contribution is 5.35. The average molecular weight is 227 g/mol. The molecule has 1 aliphatic heterocycles. The van der Waals surface area contributed by atoms with Gasteiger partial charge in [0.25, 0.3) is 0 Å². The lowest BCUT2D eigenvalue weighted by atomic mass is 9.97. The molecule has 1 saturated heterocycles. The van der Waals surface area contributed by atoms with E-state index in [1.807, 2.05) is 0 Å². The Morgan fingerprint density at radius 1 is 1.25 bits per heavy atom. The molecule has 2 N–H and O–H groups in total. The molecule has 2 rings (SSSR count). The Kier molecular flexibility index (Phi) is 3.39. The number of halogens is 2. The van der Waals surface area contributed by atoms with Gasteiger partial charge in [0.15, 0.2) is 11.6 Å². The summed E-state index contributed by atoms with van der Waals surface area (Å²) in [7, 11) is 0. The van der Waals surface area contributed by atoms with E-state index in [4.69, 9.17) is 0 Å². The molecular formula is C12H15F2NO. The summed E-state index contributed by atoms with van der Waals surface area (Å²) in [5.41, 5.74) is 0.0828. The van der Waals surface area contributed by atoms with Crippen LogP contribution in [0, 0.1) is 11.6 Å². The molecule has 0 saturated carbocycles. The zero-order valence-electron chi connectivity index (χ0n) is 8.97. The molecule has 0 bridgehead atoms. The molecule has 4 heteroatoms. The van der Waals surface area contributed by atoms with Gasteiger partial charge in [-0.2, -0.15) is 0 Å². The second-order valence-electron chi connectivity index (χ2n) is 4.21. The summed E-state index contributed by atoms with van der Waals surface area (Å²) in [6, 6.07) is 2.14. The Bertz CT molecular complexity index is 376. The van der Waals surface area contributed by atoms with E-state index in [2.05, 4.69) is 5.32 Å². The van der Waals surface area contributed by atoms with Crippen LogP contribution in [-0.2, 0) is 6.42 Å². The van der Waals surface area contributed by atoms with E-state index < -0.39 is 17.4 Å². The Morgan fingerprint density at radius 2 is 2.00 bits per heavy atom. The fraction of sp³-hybridized carbons (Fsp3) is 0.500. The van der Waals surface area contributed by atoms with Crippen LogP contribution in [0.4, 0.5) is 8.78 Å². The van der Waals surface area contributed by atoms with Crippen LogP contribution in [-0.4, -0.2) is 17.7 Å². The van der Waals surface area contributed by atoms with Crippen LogP contribution in [0.5, 0.6) is 5.75 Å². The number of phenols is 1. The predicted octanol–water partition coefficient (Wildman–Crippen LogP) is 2.35. The lowest BCUT2D eigenvalue weighted by Crippen LogP contribution is -2.35. The molecule has 0 aromatic heterocycles. The highest BCUT2D eigenvalue weighted by Crippen LogP contribution is 2.26. The molecule has 1 fully saturated rings. The van der Waals surface area contributed by atoms with Gasteiger partial charge in [-0.3, -0.25) is 0 Å². The second-order valence-corrected chi connectivity index (χ2v) is 4.21. The van der Waals surface area contributed by atoms with Crippen LogP contribution in [0.1, 0.15) is 24.8 Å². The Balaban J connectivity index is 2.16. The van der Waals surface area contributed by atoms with E-state index in [9.17, 15) is 13.9 Å². The lowest BCUT2D eigenvalue weighted by Gasteiger charge is -2.23. The Morgan fingerprint density at radius 3 is 2.69 bits per heavy atom. The van der Waals surface area contributed by atoms with E-state index in [1.54, 1.807) is 0 Å². The summed E-state index contributed by atoms with van der Waals surface area (Å²) < 4.78 is 26.5. The van der Waals surface area contributed by atoms with Gasteiger partial charge in [0.2, 0.25) is 0 Å². The van der Waals surface area contributed by atoms with E-state index in [-0.39, 0.29) is 11.6 Å². The monoisotopic (exact) mass is 227 g/mol. The number of nitrogens with one attached hydrogen (secondary N) is 1. The predicted molar refractivity (Wildman–Crippen MR) is 57.4 cm³/mol. The SMILES string of the molecule is Oc1c(F)ccc(F)c1CC1CCCCN1. The molecule has 1 aliphatic rings. The van der Waals surface area contributed by atoms with Crippen LogP contribution in [0.25, 0.3) is 0 Å². The van der Waals surface area contributed by atoms with Crippen molar-refractivity contribution in [2.45, 2.75) is 31.7 Å². The van der Waals surface area contributed by atoms with Gasteiger partial charge in [-0.15, -0.1) is 0 Å². The third-order valence-corrected chi connectivity index (χ3v) is 3.04. The van der Waals surface area contributed by atoms with Crippen LogP contribution in [0.15, 0.2) is 12.1 Å². The van der Waals surface area contributed by atoms with Crippen molar-refractivity contribution >= 4 is 0 Å². The first kappa shape index (κ1) is 11.3. The minimum Gasteiger partial charge on any atom is -0.505 e. The molecule has 88 valence electrons. The van der Waals surface area contributed by atoms with Gasteiger partial charge in [0.05, 0.1) is 0 Å². The normalized spacial score (nSPS) is 21.0. The lowest BCUT2D eigenvalue weighted by molar-refractivity contribution is 0.377. The number of phenolic OH excluding ortho intramolecular Hbond substituents is 1. The molecular weight excluding hydrogens is 212 g/mol. The van der Waals surface area contributed by atoms with Gasteiger partial charge in [0, 0.05) is 11.6 Å². The average Bonchev–Trinajstić information content (AvgIpc) is 2.31. The van der Waals surface area contributed by atoms with E-state index in [1.165, 1.54) is 0 Å². The van der Waals surface area contributed by atoms with Gasteiger partial charge in [-0.1, -0.05) is 6.42 Å². The van der Waals surface area contributed by atoms with Crippen molar-refractivity contribution < 1.29 is 13.9 Å². The maximum atomic E-state index is 13.4. The summed E-state index contributed by atoms with van der Waals surface area (Å²) in [4.78, 5) is 0. The summed E-state index contributed by atoms with van der Waals surface area (Å²) in [6.45, 7) is 0.905.